The Labute approximate surface area is 683 Å². The van der Waals surface area contributed by atoms with Gasteiger partial charge in [-0.1, -0.05) is 151 Å². The van der Waals surface area contributed by atoms with Gasteiger partial charge in [-0.3, -0.25) is 0 Å². The predicted molar refractivity (Wildman–Crippen MR) is 487 cm³/mol. The van der Waals surface area contributed by atoms with E-state index in [2.05, 4.69) is 382 Å². The molecule has 0 N–H and O–H groups in total. The zero-order valence-corrected chi connectivity index (χ0v) is 65.3. The van der Waals surface area contributed by atoms with Crippen molar-refractivity contribution in [3.63, 3.8) is 0 Å². The van der Waals surface area contributed by atoms with Crippen molar-refractivity contribution in [3.8, 4) is 79.2 Å². The van der Waals surface area contributed by atoms with Crippen LogP contribution in [-0.2, 0) is 0 Å². The quantitative estimate of drug-likeness (QED) is 0.141. The van der Waals surface area contributed by atoms with Crippen LogP contribution in [0.3, 0.4) is 0 Å². The third-order valence-corrected chi connectivity index (χ3v) is 27.1. The summed E-state index contributed by atoms with van der Waals surface area (Å²) in [4.78, 5) is 9.60. The lowest BCUT2D eigenvalue weighted by molar-refractivity contribution is 0.597. The molecule has 26 rings (SSSR count). The number of fused-ring (bicyclic) bond motifs is 22. The van der Waals surface area contributed by atoms with Crippen molar-refractivity contribution in [1.29, 1.82) is 0 Å². The highest BCUT2D eigenvalue weighted by atomic mass is 32.2. The van der Waals surface area contributed by atoms with Gasteiger partial charge in [0.1, 0.15) is 45.4 Å². The molecule has 2 aliphatic heterocycles. The van der Waals surface area contributed by atoms with Crippen molar-refractivity contribution >= 4 is 177 Å². The molecular formula is C106H64N6O4S2. The second-order valence-corrected chi connectivity index (χ2v) is 33.4. The standard InChI is InChI=1S/C106H64N6O4S2/c1-107-87-27-12-14-29-102(87)117-104-59-90-77(53-93(104)107)71-16-3-8-23-83(71)111(90)68-43-34-63(35-44-68)97-49-50-98(114-97)64-36-45-69(46-37-64)112-84-24-9-4-17-72(84)78-54-94-105(60-91(78)112)118-103-51-38-65(52-92(103)108(94)2)70-21-15-22-76-82-56-89-80(58-101(82)116-106(70)76)74-19-6-11-26-86(74)110(89)67-41-32-62(33-42-67)96-48-47-95(113-96)61-30-39-66(40-31-61)109-85-25-10-5-18-73(85)79-57-100-81(55-88(79)109)75-20-7-13-28-99(75)115-100/h3-60H,1-2H3. The first-order chi connectivity index (χ1) is 58.3. The fraction of sp³-hybridized carbons (Fsp3) is 0.0189. The number of nitrogens with zero attached hydrogens (tertiary/aromatic N) is 6. The van der Waals surface area contributed by atoms with E-state index in [9.17, 15) is 0 Å². The summed E-state index contributed by atoms with van der Waals surface area (Å²) >= 11 is 3.67. The summed E-state index contributed by atoms with van der Waals surface area (Å²) in [6.07, 6.45) is 0. The third kappa shape index (κ3) is 9.66. The molecule has 0 aliphatic carbocycles. The Bertz CT molecular complexity index is 8410. The highest BCUT2D eigenvalue weighted by Gasteiger charge is 2.29. The molecule has 8 aromatic heterocycles. The molecule has 554 valence electrons. The van der Waals surface area contributed by atoms with Crippen LogP contribution in [0.2, 0.25) is 0 Å². The third-order valence-electron chi connectivity index (χ3n) is 24.8. The average molecular weight is 1550 g/mol. The molecule has 10 heterocycles. The largest absolute Gasteiger partial charge is 0.456 e. The van der Waals surface area contributed by atoms with Gasteiger partial charge in [0, 0.05) is 149 Å². The predicted octanol–water partition coefficient (Wildman–Crippen LogP) is 29.9. The monoisotopic (exact) mass is 1550 g/mol. The van der Waals surface area contributed by atoms with E-state index < -0.39 is 0 Å². The van der Waals surface area contributed by atoms with Crippen LogP contribution >= 0.6 is 23.5 Å². The molecule has 0 fully saturated rings. The summed E-state index contributed by atoms with van der Waals surface area (Å²) in [5.74, 6) is 3.26. The first kappa shape index (κ1) is 65.6. The summed E-state index contributed by atoms with van der Waals surface area (Å²) < 4.78 is 36.4. The van der Waals surface area contributed by atoms with Gasteiger partial charge < -0.3 is 45.7 Å². The van der Waals surface area contributed by atoms with Gasteiger partial charge in [-0.2, -0.15) is 0 Å². The van der Waals surface area contributed by atoms with Gasteiger partial charge in [0.15, 0.2) is 0 Å². The van der Waals surface area contributed by atoms with Crippen LogP contribution in [0.5, 0.6) is 0 Å². The molecule has 16 aromatic carbocycles. The molecule has 2 aliphatic rings. The van der Waals surface area contributed by atoms with E-state index in [0.29, 0.717) is 0 Å². The highest BCUT2D eigenvalue weighted by molar-refractivity contribution is 8.00. The summed E-state index contributed by atoms with van der Waals surface area (Å²) in [7, 11) is 4.38. The van der Waals surface area contributed by atoms with E-state index in [4.69, 9.17) is 17.7 Å². The maximum absolute atomic E-state index is 7.08. The fourth-order valence-electron chi connectivity index (χ4n) is 19.2. The number of aromatic nitrogens is 4. The average Bonchev–Trinajstić information content (AvgIpc) is 1.67. The van der Waals surface area contributed by atoms with Gasteiger partial charge in [-0.25, -0.2) is 0 Å². The number of benzene rings is 16. The summed E-state index contributed by atoms with van der Waals surface area (Å²) in [6, 6.07) is 127. The van der Waals surface area contributed by atoms with Crippen LogP contribution in [0.25, 0.3) is 210 Å². The van der Waals surface area contributed by atoms with Crippen LogP contribution in [-0.4, -0.2) is 32.4 Å². The van der Waals surface area contributed by atoms with Crippen LogP contribution in [0.1, 0.15) is 0 Å². The fourth-order valence-corrected chi connectivity index (χ4v) is 21.5. The lowest BCUT2D eigenvalue weighted by Crippen LogP contribution is -2.14. The highest BCUT2D eigenvalue weighted by Crippen LogP contribution is 2.54. The number of para-hydroxylation sites is 7. The molecule has 0 saturated carbocycles. The molecule has 0 saturated heterocycles. The topological polar surface area (TPSA) is 78.8 Å². The lowest BCUT2D eigenvalue weighted by atomic mass is 10.0. The summed E-state index contributed by atoms with van der Waals surface area (Å²) in [6.45, 7) is 0. The zero-order chi connectivity index (χ0) is 77.3. The molecule has 0 atom stereocenters. The Balaban J connectivity index is 0.473. The van der Waals surface area contributed by atoms with Crippen molar-refractivity contribution in [2.24, 2.45) is 0 Å². The molecule has 118 heavy (non-hydrogen) atoms. The Morgan fingerprint density at radius 2 is 0.559 bits per heavy atom. The van der Waals surface area contributed by atoms with Gasteiger partial charge in [-0.05, 0) is 230 Å². The molecular weight excluding hydrogens is 1490 g/mol. The second kappa shape index (κ2) is 24.8. The lowest BCUT2D eigenvalue weighted by Gasteiger charge is -2.30. The Kier molecular flexibility index (Phi) is 13.8. The molecule has 0 radical (unpaired) electrons. The van der Waals surface area contributed by atoms with Gasteiger partial charge in [-0.15, -0.1) is 0 Å². The van der Waals surface area contributed by atoms with Crippen molar-refractivity contribution in [3.05, 3.63) is 352 Å². The normalized spacial score (nSPS) is 12.9. The molecule has 0 amide bonds. The number of rotatable bonds is 9. The Morgan fingerprint density at radius 3 is 1.03 bits per heavy atom. The minimum atomic E-state index is 0.805. The maximum atomic E-state index is 7.08. The first-order valence-corrected chi connectivity index (χ1v) is 41.5. The van der Waals surface area contributed by atoms with Crippen LogP contribution in [0.4, 0.5) is 22.7 Å². The second-order valence-electron chi connectivity index (χ2n) is 31.2. The van der Waals surface area contributed by atoms with E-state index in [1.165, 1.54) is 74.6 Å². The number of furan rings is 4. The molecule has 0 spiro atoms. The smallest absolute Gasteiger partial charge is 0.143 e. The first-order valence-electron chi connectivity index (χ1n) is 39.8. The summed E-state index contributed by atoms with van der Waals surface area (Å²) in [5.41, 5.74) is 28.0. The zero-order valence-electron chi connectivity index (χ0n) is 63.6. The van der Waals surface area contributed by atoms with Gasteiger partial charge in [0.05, 0.1) is 66.9 Å². The van der Waals surface area contributed by atoms with Crippen molar-refractivity contribution < 1.29 is 17.7 Å². The number of anilines is 4. The van der Waals surface area contributed by atoms with E-state index in [-0.39, 0.29) is 0 Å². The minimum absolute atomic E-state index is 0.805. The summed E-state index contributed by atoms with van der Waals surface area (Å²) in [5, 5.41) is 13.9. The minimum Gasteiger partial charge on any atom is -0.456 e. The van der Waals surface area contributed by atoms with E-state index in [0.717, 1.165) is 178 Å². The molecule has 24 aromatic rings. The van der Waals surface area contributed by atoms with Crippen molar-refractivity contribution in [2.75, 3.05) is 23.9 Å². The van der Waals surface area contributed by atoms with E-state index in [1.807, 2.05) is 35.7 Å². The Hall–Kier alpha value is -14.8. The maximum Gasteiger partial charge on any atom is 0.143 e. The Morgan fingerprint density at radius 1 is 0.203 bits per heavy atom. The van der Waals surface area contributed by atoms with Gasteiger partial charge >= 0.3 is 0 Å². The van der Waals surface area contributed by atoms with Gasteiger partial charge in [0.2, 0.25) is 0 Å². The number of hydrogen-bond donors (Lipinski definition) is 0. The molecule has 10 nitrogen and oxygen atoms in total. The number of hydrogen-bond acceptors (Lipinski definition) is 8. The molecule has 12 heteroatoms. The van der Waals surface area contributed by atoms with E-state index >= 15 is 0 Å². The van der Waals surface area contributed by atoms with Crippen LogP contribution in [0, 0.1) is 0 Å². The SMILES string of the molecule is CN1c2ccccc2Sc2cc3c(cc21)c1ccccc1n3-c1ccc(-c2ccc(-c3ccc(-n4c5ccccc5c5cc6c(cc54)Sc4ccc(-c5cccc7c5oc5cc8c9ccccc9n(-c9ccc(-c%10ccc(-c%11ccc(-n%12c%13ccccc%13c%13cc%14oc%15ccccc%15c%14cc%13%12)cc%11)o%10)cc9)c8cc57)cc4N6C)cc3)o2)cc1. The van der Waals surface area contributed by atoms with E-state index in [1.54, 1.807) is 0 Å². The van der Waals surface area contributed by atoms with Crippen molar-refractivity contribution in [1.82, 2.24) is 18.3 Å². The van der Waals surface area contributed by atoms with Crippen LogP contribution < -0.4 is 9.80 Å². The van der Waals surface area contributed by atoms with Gasteiger partial charge in [0.25, 0.3) is 0 Å². The molecule has 0 bridgehead atoms. The van der Waals surface area contributed by atoms with Crippen LogP contribution in [0.15, 0.2) is 389 Å². The molecule has 0 unspecified atom stereocenters. The van der Waals surface area contributed by atoms with Crippen molar-refractivity contribution in [2.45, 2.75) is 19.6 Å².